The van der Waals surface area contributed by atoms with Crippen LogP contribution >= 0.6 is 11.6 Å². The van der Waals surface area contributed by atoms with Crippen LogP contribution in [0.1, 0.15) is 11.1 Å². The smallest absolute Gasteiger partial charge is 0.0450 e. The average Bonchev–Trinajstić information content (AvgIpc) is 2.33. The Balaban J connectivity index is 0.00000144. The van der Waals surface area contributed by atoms with Crippen LogP contribution in [0.15, 0.2) is 48.8 Å². The van der Waals surface area contributed by atoms with Gasteiger partial charge in [-0.3, -0.25) is 4.98 Å². The summed E-state index contributed by atoms with van der Waals surface area (Å²) in [6.45, 7) is 1.58. The maximum absolute atomic E-state index is 6.05. The molecule has 2 nitrogen and oxygen atoms in total. The van der Waals surface area contributed by atoms with Crippen molar-refractivity contribution in [1.82, 2.24) is 10.3 Å². The molecule has 0 unspecified atom stereocenters. The maximum atomic E-state index is 6.05. The van der Waals surface area contributed by atoms with Gasteiger partial charge in [-0.05, 0) is 23.3 Å². The summed E-state index contributed by atoms with van der Waals surface area (Å²) in [5, 5.41) is 4.14. The first-order valence-electron chi connectivity index (χ1n) is 5.19. The molecule has 17 heavy (non-hydrogen) atoms. The van der Waals surface area contributed by atoms with Gasteiger partial charge in [0.05, 0.1) is 0 Å². The highest BCUT2D eigenvalue weighted by Crippen LogP contribution is 2.14. The van der Waals surface area contributed by atoms with Gasteiger partial charge in [0.25, 0.3) is 0 Å². The number of nitrogens with one attached hydrogen (secondary N) is 1. The summed E-state index contributed by atoms with van der Waals surface area (Å²) in [6, 6.07) is 11.8. The van der Waals surface area contributed by atoms with Crippen LogP contribution in [-0.4, -0.2) is 4.98 Å². The van der Waals surface area contributed by atoms with Gasteiger partial charge in [0, 0.05) is 30.5 Å². The zero-order valence-corrected chi connectivity index (χ0v) is 11.6. The van der Waals surface area contributed by atoms with Crippen LogP contribution in [0.5, 0.6) is 0 Å². The summed E-state index contributed by atoms with van der Waals surface area (Å²) in [5.74, 6) is 0. The fourth-order valence-corrected chi connectivity index (χ4v) is 1.69. The second-order valence-corrected chi connectivity index (χ2v) is 3.96. The fourth-order valence-electron chi connectivity index (χ4n) is 1.49. The van der Waals surface area contributed by atoms with Crippen LogP contribution in [-0.2, 0) is 13.1 Å². The molecule has 1 aromatic carbocycles. The fraction of sp³-hybridized carbons (Fsp3) is 0.154. The highest BCUT2D eigenvalue weighted by atomic mass is 79.9. The number of hydrogen-bond acceptors (Lipinski definition) is 2. The SMILES string of the molecule is Clc1ccccc1CNCc1cccnc1.[Br-]. The van der Waals surface area contributed by atoms with E-state index in [1.54, 1.807) is 6.20 Å². The molecular formula is C13H13BrClN2-. The molecule has 0 saturated heterocycles. The van der Waals surface area contributed by atoms with Crippen molar-refractivity contribution >= 4 is 11.6 Å². The van der Waals surface area contributed by atoms with Gasteiger partial charge in [0.2, 0.25) is 0 Å². The van der Waals surface area contributed by atoms with Gasteiger partial charge in [-0.2, -0.15) is 0 Å². The summed E-state index contributed by atoms with van der Waals surface area (Å²) in [7, 11) is 0. The lowest BCUT2D eigenvalue weighted by molar-refractivity contribution is -0.00000322. The Bertz CT molecular complexity index is 448. The van der Waals surface area contributed by atoms with E-state index in [4.69, 9.17) is 11.6 Å². The Morgan fingerprint density at radius 2 is 1.88 bits per heavy atom. The Morgan fingerprint density at radius 3 is 2.59 bits per heavy atom. The first-order chi connectivity index (χ1) is 7.86. The first-order valence-corrected chi connectivity index (χ1v) is 5.57. The molecular weight excluding hydrogens is 300 g/mol. The third kappa shape index (κ3) is 4.46. The van der Waals surface area contributed by atoms with Crippen LogP contribution in [0.25, 0.3) is 0 Å². The van der Waals surface area contributed by atoms with E-state index in [2.05, 4.69) is 10.3 Å². The lowest BCUT2D eigenvalue weighted by Crippen LogP contribution is -3.00. The second kappa shape index (κ2) is 7.43. The predicted octanol–water partition coefficient (Wildman–Crippen LogP) is 0.0288. The number of aromatic nitrogens is 1. The summed E-state index contributed by atoms with van der Waals surface area (Å²) in [5.41, 5.74) is 2.29. The van der Waals surface area contributed by atoms with Gasteiger partial charge in [0.15, 0.2) is 0 Å². The molecule has 0 aliphatic rings. The van der Waals surface area contributed by atoms with Crippen LogP contribution in [0.4, 0.5) is 0 Å². The van der Waals surface area contributed by atoms with E-state index in [9.17, 15) is 0 Å². The van der Waals surface area contributed by atoms with Crippen molar-refractivity contribution in [3.8, 4) is 0 Å². The molecule has 1 aromatic heterocycles. The Kier molecular flexibility index (Phi) is 6.19. The lowest BCUT2D eigenvalue weighted by Gasteiger charge is -2.06. The average molecular weight is 313 g/mol. The first kappa shape index (κ1) is 14.2. The monoisotopic (exact) mass is 311 g/mol. The summed E-state index contributed by atoms with van der Waals surface area (Å²) in [4.78, 5) is 4.06. The Labute approximate surface area is 117 Å². The van der Waals surface area contributed by atoms with E-state index in [0.717, 1.165) is 23.7 Å². The van der Waals surface area contributed by atoms with E-state index in [1.165, 1.54) is 5.56 Å². The highest BCUT2D eigenvalue weighted by Gasteiger charge is 1.98. The van der Waals surface area contributed by atoms with Crippen molar-refractivity contribution in [2.24, 2.45) is 0 Å². The third-order valence-corrected chi connectivity index (χ3v) is 2.69. The van der Waals surface area contributed by atoms with E-state index in [1.807, 2.05) is 42.6 Å². The molecule has 90 valence electrons. The number of halogens is 2. The molecule has 4 heteroatoms. The molecule has 0 saturated carbocycles. The van der Waals surface area contributed by atoms with E-state index in [0.29, 0.717) is 0 Å². The van der Waals surface area contributed by atoms with Crippen molar-refractivity contribution in [2.45, 2.75) is 13.1 Å². The molecule has 0 aliphatic heterocycles. The van der Waals surface area contributed by atoms with Crippen molar-refractivity contribution in [3.05, 3.63) is 64.9 Å². The lowest BCUT2D eigenvalue weighted by atomic mass is 10.2. The van der Waals surface area contributed by atoms with Gasteiger partial charge >= 0.3 is 0 Å². The normalized spacial score (nSPS) is 9.71. The molecule has 0 aliphatic carbocycles. The topological polar surface area (TPSA) is 24.9 Å². The third-order valence-electron chi connectivity index (χ3n) is 2.33. The molecule has 0 atom stereocenters. The van der Waals surface area contributed by atoms with E-state index in [-0.39, 0.29) is 17.0 Å². The molecule has 1 heterocycles. The second-order valence-electron chi connectivity index (χ2n) is 3.56. The number of rotatable bonds is 4. The quantitative estimate of drug-likeness (QED) is 0.862. The molecule has 1 N–H and O–H groups in total. The Morgan fingerprint density at radius 1 is 1.06 bits per heavy atom. The predicted molar refractivity (Wildman–Crippen MR) is 66.2 cm³/mol. The van der Waals surface area contributed by atoms with Crippen LogP contribution < -0.4 is 22.3 Å². The van der Waals surface area contributed by atoms with Gasteiger partial charge in [-0.1, -0.05) is 35.9 Å². The summed E-state index contributed by atoms with van der Waals surface area (Å²) in [6.07, 6.45) is 3.64. The maximum Gasteiger partial charge on any atom is 0.0450 e. The minimum absolute atomic E-state index is 0. The van der Waals surface area contributed by atoms with Crippen molar-refractivity contribution in [2.75, 3.05) is 0 Å². The molecule has 0 bridgehead atoms. The zero-order chi connectivity index (χ0) is 11.2. The van der Waals surface area contributed by atoms with E-state index < -0.39 is 0 Å². The molecule has 0 spiro atoms. The number of pyridine rings is 1. The number of nitrogens with zero attached hydrogens (tertiary/aromatic N) is 1. The van der Waals surface area contributed by atoms with Gasteiger partial charge in [0.1, 0.15) is 0 Å². The van der Waals surface area contributed by atoms with Gasteiger partial charge < -0.3 is 22.3 Å². The molecule has 2 rings (SSSR count). The standard InChI is InChI=1S/C13H13ClN2.BrH/c14-13-6-2-1-5-12(13)10-16-9-11-4-3-7-15-8-11;/h1-8,16H,9-10H2;1H/p-1. The summed E-state index contributed by atoms with van der Waals surface area (Å²) < 4.78 is 0. The molecule has 2 aromatic rings. The van der Waals surface area contributed by atoms with Crippen LogP contribution in [0.2, 0.25) is 5.02 Å². The van der Waals surface area contributed by atoms with Gasteiger partial charge in [-0.15, -0.1) is 0 Å². The zero-order valence-electron chi connectivity index (χ0n) is 9.24. The minimum Gasteiger partial charge on any atom is -1.00 e. The summed E-state index contributed by atoms with van der Waals surface area (Å²) >= 11 is 6.05. The minimum atomic E-state index is 0. The largest absolute Gasteiger partial charge is 1.00 e. The Hall–Kier alpha value is -0.900. The van der Waals surface area contributed by atoms with Crippen molar-refractivity contribution < 1.29 is 17.0 Å². The van der Waals surface area contributed by atoms with Crippen LogP contribution in [0, 0.1) is 0 Å². The molecule has 0 fully saturated rings. The van der Waals surface area contributed by atoms with E-state index >= 15 is 0 Å². The van der Waals surface area contributed by atoms with Crippen molar-refractivity contribution in [3.63, 3.8) is 0 Å². The molecule has 0 amide bonds. The highest BCUT2D eigenvalue weighted by molar-refractivity contribution is 6.31. The van der Waals surface area contributed by atoms with Gasteiger partial charge in [-0.25, -0.2) is 0 Å². The number of benzene rings is 1. The number of hydrogen-bond donors (Lipinski definition) is 1. The van der Waals surface area contributed by atoms with Crippen molar-refractivity contribution in [1.29, 1.82) is 0 Å². The van der Waals surface area contributed by atoms with Crippen LogP contribution in [0.3, 0.4) is 0 Å². The molecule has 0 radical (unpaired) electrons.